The summed E-state index contributed by atoms with van der Waals surface area (Å²) < 4.78 is 4.68. The predicted octanol–water partition coefficient (Wildman–Crippen LogP) is 2.20. The summed E-state index contributed by atoms with van der Waals surface area (Å²) >= 11 is 0. The van der Waals surface area contributed by atoms with Crippen LogP contribution in [0.25, 0.3) is 0 Å². The number of esters is 1. The molecule has 1 aliphatic heterocycles. The van der Waals surface area contributed by atoms with Crippen molar-refractivity contribution in [1.29, 1.82) is 0 Å². The largest absolute Gasteiger partial charge is 0.465 e. The van der Waals surface area contributed by atoms with Crippen LogP contribution in [-0.4, -0.2) is 42.9 Å². The monoisotopic (exact) mass is 318 g/mol. The molecule has 0 radical (unpaired) electrons. The summed E-state index contributed by atoms with van der Waals surface area (Å²) in [6.45, 7) is 1.43. The Morgan fingerprint density at radius 2 is 1.74 bits per heavy atom. The second-order valence-corrected chi connectivity index (χ2v) is 5.56. The number of nitrogens with one attached hydrogen (secondary N) is 1. The highest BCUT2D eigenvalue weighted by Crippen LogP contribution is 2.17. The molecule has 6 nitrogen and oxygen atoms in total. The number of anilines is 1. The molecule has 124 valence electrons. The normalized spacial score (nSPS) is 14.7. The van der Waals surface area contributed by atoms with E-state index in [2.05, 4.69) is 10.1 Å². The van der Waals surface area contributed by atoms with Crippen molar-refractivity contribution in [3.05, 3.63) is 29.8 Å². The van der Waals surface area contributed by atoms with Crippen molar-refractivity contribution in [2.24, 2.45) is 0 Å². The average molecular weight is 318 g/mol. The van der Waals surface area contributed by atoms with Gasteiger partial charge < -0.3 is 15.0 Å². The topological polar surface area (TPSA) is 75.7 Å². The van der Waals surface area contributed by atoms with Gasteiger partial charge in [0.1, 0.15) is 6.42 Å². The van der Waals surface area contributed by atoms with Gasteiger partial charge in [-0.05, 0) is 25.0 Å². The van der Waals surface area contributed by atoms with Crippen LogP contribution in [0.3, 0.4) is 0 Å². The molecule has 0 saturated carbocycles. The first-order valence-corrected chi connectivity index (χ1v) is 7.87. The lowest BCUT2D eigenvalue weighted by atomic mass is 10.1. The van der Waals surface area contributed by atoms with Crippen LogP contribution in [0.4, 0.5) is 5.69 Å². The summed E-state index contributed by atoms with van der Waals surface area (Å²) in [6, 6.07) is 6.57. The van der Waals surface area contributed by atoms with Gasteiger partial charge >= 0.3 is 5.97 Å². The standard InChI is InChI=1S/C17H22N2O4/c1-23-17(22)13-8-4-5-9-14(13)18-15(20)12-16(21)19-10-6-2-3-7-11-19/h4-5,8-9H,2-3,6-7,10-12H2,1H3,(H,18,20). The van der Waals surface area contributed by atoms with Crippen LogP contribution in [0.15, 0.2) is 24.3 Å². The van der Waals surface area contributed by atoms with Gasteiger partial charge in [-0.15, -0.1) is 0 Å². The zero-order valence-corrected chi connectivity index (χ0v) is 13.3. The third kappa shape index (κ3) is 4.81. The molecule has 1 N–H and O–H groups in total. The van der Waals surface area contributed by atoms with Crippen LogP contribution >= 0.6 is 0 Å². The number of likely N-dealkylation sites (tertiary alicyclic amines) is 1. The van der Waals surface area contributed by atoms with Gasteiger partial charge in [-0.2, -0.15) is 0 Å². The van der Waals surface area contributed by atoms with E-state index in [4.69, 9.17) is 0 Å². The number of nitrogens with zero attached hydrogens (tertiary/aromatic N) is 1. The van der Waals surface area contributed by atoms with E-state index in [1.165, 1.54) is 7.11 Å². The molecule has 2 amide bonds. The molecular formula is C17H22N2O4. The highest BCUT2D eigenvalue weighted by atomic mass is 16.5. The minimum absolute atomic E-state index is 0.167. The van der Waals surface area contributed by atoms with Crippen molar-refractivity contribution in [3.8, 4) is 0 Å². The van der Waals surface area contributed by atoms with E-state index >= 15 is 0 Å². The van der Waals surface area contributed by atoms with Crippen LogP contribution < -0.4 is 5.32 Å². The van der Waals surface area contributed by atoms with Crippen molar-refractivity contribution in [2.45, 2.75) is 32.1 Å². The van der Waals surface area contributed by atoms with E-state index in [1.807, 2.05) is 0 Å². The lowest BCUT2D eigenvalue weighted by Gasteiger charge is -2.20. The van der Waals surface area contributed by atoms with E-state index in [0.717, 1.165) is 25.7 Å². The van der Waals surface area contributed by atoms with Gasteiger partial charge in [0.05, 0.1) is 18.4 Å². The van der Waals surface area contributed by atoms with Crippen LogP contribution in [0.1, 0.15) is 42.5 Å². The number of amides is 2. The molecule has 2 rings (SSSR count). The molecule has 0 aromatic heterocycles. The summed E-state index contributed by atoms with van der Waals surface area (Å²) in [5.74, 6) is -1.12. The smallest absolute Gasteiger partial charge is 0.339 e. The van der Waals surface area contributed by atoms with Crippen molar-refractivity contribution >= 4 is 23.5 Å². The third-order valence-electron chi connectivity index (χ3n) is 3.88. The Bertz CT molecular complexity index is 578. The lowest BCUT2D eigenvalue weighted by molar-refractivity contribution is -0.134. The van der Waals surface area contributed by atoms with Crippen molar-refractivity contribution in [3.63, 3.8) is 0 Å². The number of hydrogen-bond acceptors (Lipinski definition) is 4. The third-order valence-corrected chi connectivity index (χ3v) is 3.88. The van der Waals surface area contributed by atoms with Gasteiger partial charge in [-0.1, -0.05) is 25.0 Å². The number of para-hydroxylation sites is 1. The Hall–Kier alpha value is -2.37. The number of carbonyl (C=O) groups excluding carboxylic acids is 3. The van der Waals surface area contributed by atoms with Gasteiger partial charge in [-0.3, -0.25) is 9.59 Å². The van der Waals surface area contributed by atoms with Crippen LogP contribution in [0.5, 0.6) is 0 Å². The first kappa shape index (κ1) is 17.0. The zero-order valence-electron chi connectivity index (χ0n) is 13.3. The number of methoxy groups -OCH3 is 1. The minimum atomic E-state index is -0.528. The molecule has 6 heteroatoms. The van der Waals surface area contributed by atoms with E-state index < -0.39 is 11.9 Å². The van der Waals surface area contributed by atoms with E-state index in [9.17, 15) is 14.4 Å². The summed E-state index contributed by atoms with van der Waals surface area (Å²) in [6.07, 6.45) is 4.01. The Morgan fingerprint density at radius 3 is 2.39 bits per heavy atom. The molecule has 0 aliphatic carbocycles. The van der Waals surface area contributed by atoms with Gasteiger partial charge in [0.25, 0.3) is 0 Å². The molecule has 0 spiro atoms. The highest BCUT2D eigenvalue weighted by Gasteiger charge is 2.20. The second kappa shape index (κ2) is 8.31. The fourth-order valence-electron chi connectivity index (χ4n) is 2.64. The average Bonchev–Trinajstić information content (AvgIpc) is 2.84. The van der Waals surface area contributed by atoms with Crippen molar-refractivity contribution < 1.29 is 19.1 Å². The first-order valence-electron chi connectivity index (χ1n) is 7.87. The molecule has 1 heterocycles. The molecule has 0 unspecified atom stereocenters. The van der Waals surface area contributed by atoms with E-state index in [0.29, 0.717) is 18.8 Å². The van der Waals surface area contributed by atoms with Gasteiger partial charge in [0.15, 0.2) is 0 Å². The number of benzene rings is 1. The molecular weight excluding hydrogens is 296 g/mol. The quantitative estimate of drug-likeness (QED) is 0.682. The number of ether oxygens (including phenoxy) is 1. The summed E-state index contributed by atoms with van der Waals surface area (Å²) in [5.41, 5.74) is 0.624. The van der Waals surface area contributed by atoms with Crippen LogP contribution in [-0.2, 0) is 14.3 Å². The number of rotatable bonds is 4. The molecule has 1 aromatic carbocycles. The Kier molecular flexibility index (Phi) is 6.14. The zero-order chi connectivity index (χ0) is 16.7. The van der Waals surface area contributed by atoms with Crippen molar-refractivity contribution in [1.82, 2.24) is 4.90 Å². The maximum atomic E-state index is 12.2. The molecule has 0 bridgehead atoms. The Labute approximate surface area is 135 Å². The van der Waals surface area contributed by atoms with Crippen molar-refractivity contribution in [2.75, 3.05) is 25.5 Å². The molecule has 0 atom stereocenters. The number of carbonyl (C=O) groups is 3. The number of hydrogen-bond donors (Lipinski definition) is 1. The Morgan fingerprint density at radius 1 is 1.09 bits per heavy atom. The van der Waals surface area contributed by atoms with E-state index in [-0.39, 0.29) is 17.9 Å². The van der Waals surface area contributed by atoms with Crippen LogP contribution in [0, 0.1) is 0 Å². The molecule has 1 aliphatic rings. The van der Waals surface area contributed by atoms with Gasteiger partial charge in [0.2, 0.25) is 11.8 Å². The molecule has 1 saturated heterocycles. The highest BCUT2D eigenvalue weighted by molar-refractivity contribution is 6.06. The Balaban J connectivity index is 1.97. The summed E-state index contributed by atoms with van der Waals surface area (Å²) in [4.78, 5) is 37.7. The second-order valence-electron chi connectivity index (χ2n) is 5.56. The summed E-state index contributed by atoms with van der Waals surface area (Å²) in [5, 5.41) is 2.62. The lowest BCUT2D eigenvalue weighted by Crippen LogP contribution is -2.34. The first-order chi connectivity index (χ1) is 11.1. The SMILES string of the molecule is COC(=O)c1ccccc1NC(=O)CC(=O)N1CCCCCC1. The van der Waals surface area contributed by atoms with E-state index in [1.54, 1.807) is 29.2 Å². The van der Waals surface area contributed by atoms with Gasteiger partial charge in [0, 0.05) is 13.1 Å². The fourth-order valence-corrected chi connectivity index (χ4v) is 2.64. The van der Waals surface area contributed by atoms with Gasteiger partial charge in [-0.25, -0.2) is 4.79 Å². The molecule has 23 heavy (non-hydrogen) atoms. The maximum Gasteiger partial charge on any atom is 0.339 e. The fraction of sp³-hybridized carbons (Fsp3) is 0.471. The molecule has 1 aromatic rings. The summed E-state index contributed by atoms with van der Waals surface area (Å²) in [7, 11) is 1.28. The minimum Gasteiger partial charge on any atom is -0.465 e. The van der Waals surface area contributed by atoms with Crippen LogP contribution in [0.2, 0.25) is 0 Å². The molecule has 1 fully saturated rings. The maximum absolute atomic E-state index is 12.2. The predicted molar refractivity (Wildman–Crippen MR) is 86.1 cm³/mol.